The Labute approximate surface area is 142 Å². The lowest BCUT2D eigenvalue weighted by Crippen LogP contribution is -2.28. The van der Waals surface area contributed by atoms with Crippen LogP contribution < -0.4 is 10.6 Å². The molecule has 1 aliphatic carbocycles. The molecule has 0 bridgehead atoms. The maximum Gasteiger partial charge on any atom is 0.240 e. The molecule has 2 amide bonds. The number of halogens is 2. The Morgan fingerprint density at radius 2 is 1.96 bits per heavy atom. The Balaban J connectivity index is 1.59. The van der Waals surface area contributed by atoms with Crippen LogP contribution in [0.1, 0.15) is 32.1 Å². The molecule has 0 radical (unpaired) electrons. The van der Waals surface area contributed by atoms with Crippen LogP contribution in [0.3, 0.4) is 0 Å². The van der Waals surface area contributed by atoms with Crippen LogP contribution in [0.15, 0.2) is 23.2 Å². The summed E-state index contributed by atoms with van der Waals surface area (Å²) >= 11 is 1.19. The van der Waals surface area contributed by atoms with E-state index < -0.39 is 28.5 Å². The van der Waals surface area contributed by atoms with Gasteiger partial charge in [0, 0.05) is 6.42 Å². The molecule has 2 aliphatic rings. The van der Waals surface area contributed by atoms with E-state index in [1.165, 1.54) is 17.8 Å². The second-order valence-electron chi connectivity index (χ2n) is 5.82. The van der Waals surface area contributed by atoms with E-state index in [1.807, 2.05) is 0 Å². The fourth-order valence-corrected chi connectivity index (χ4v) is 3.82. The molecule has 128 valence electrons. The Morgan fingerprint density at radius 1 is 1.29 bits per heavy atom. The zero-order valence-electron chi connectivity index (χ0n) is 12.9. The molecule has 1 aliphatic heterocycles. The summed E-state index contributed by atoms with van der Waals surface area (Å²) in [5, 5.41) is 4.75. The van der Waals surface area contributed by atoms with Crippen molar-refractivity contribution in [2.45, 2.75) is 43.4 Å². The van der Waals surface area contributed by atoms with Gasteiger partial charge in [-0.1, -0.05) is 30.7 Å². The standard InChI is InChI=1S/C16H17F2N3O2S/c17-10-6-3-7-11(18)14(10)20-13(22)8-12-15(23)21-16(24-12)19-9-4-1-2-5-9/h3,6-7,9,12H,1-2,4-5,8H2,(H,20,22)(H,19,21,23). The Bertz CT molecular complexity index is 670. The van der Waals surface area contributed by atoms with Gasteiger partial charge in [-0.25, -0.2) is 8.78 Å². The summed E-state index contributed by atoms with van der Waals surface area (Å²) in [6.07, 6.45) is 4.13. The lowest BCUT2D eigenvalue weighted by molar-refractivity contribution is -0.122. The maximum absolute atomic E-state index is 13.5. The molecule has 1 heterocycles. The van der Waals surface area contributed by atoms with Crippen LogP contribution in [-0.2, 0) is 9.59 Å². The second kappa shape index (κ2) is 7.29. The average Bonchev–Trinajstić information content (AvgIpc) is 3.14. The largest absolute Gasteiger partial charge is 0.321 e. The van der Waals surface area contributed by atoms with Gasteiger partial charge in [-0.15, -0.1) is 0 Å². The van der Waals surface area contributed by atoms with Crippen LogP contribution in [0.2, 0.25) is 0 Å². The van der Waals surface area contributed by atoms with E-state index in [2.05, 4.69) is 15.6 Å². The number of hydrogen-bond donors (Lipinski definition) is 2. The first kappa shape index (κ1) is 16.9. The minimum Gasteiger partial charge on any atom is -0.321 e. The van der Waals surface area contributed by atoms with E-state index in [-0.39, 0.29) is 18.4 Å². The third-order valence-corrected chi connectivity index (χ3v) is 5.09. The summed E-state index contributed by atoms with van der Waals surface area (Å²) in [4.78, 5) is 28.4. The molecule has 1 aromatic rings. The highest BCUT2D eigenvalue weighted by molar-refractivity contribution is 8.15. The zero-order valence-corrected chi connectivity index (χ0v) is 13.7. The number of amides is 2. The number of carbonyl (C=O) groups excluding carboxylic acids is 2. The lowest BCUT2D eigenvalue weighted by Gasteiger charge is -2.09. The fourth-order valence-electron chi connectivity index (χ4n) is 2.78. The Kier molecular flexibility index (Phi) is 5.13. The van der Waals surface area contributed by atoms with Crippen LogP contribution in [0, 0.1) is 11.6 Å². The number of para-hydroxylation sites is 1. The SMILES string of the molecule is O=C(CC1SC(=NC2CCCC2)NC1=O)Nc1c(F)cccc1F. The first-order chi connectivity index (χ1) is 11.5. The molecule has 0 spiro atoms. The van der Waals surface area contributed by atoms with Crippen molar-refractivity contribution in [1.29, 1.82) is 0 Å². The van der Waals surface area contributed by atoms with E-state index in [4.69, 9.17) is 0 Å². The van der Waals surface area contributed by atoms with Crippen LogP contribution in [0.25, 0.3) is 0 Å². The highest BCUT2D eigenvalue weighted by Crippen LogP contribution is 2.27. The summed E-state index contributed by atoms with van der Waals surface area (Å²) in [7, 11) is 0. The number of thioether (sulfide) groups is 1. The second-order valence-corrected chi connectivity index (χ2v) is 7.01. The van der Waals surface area contributed by atoms with Gasteiger partial charge in [0.15, 0.2) is 5.17 Å². The number of anilines is 1. The highest BCUT2D eigenvalue weighted by Gasteiger charge is 2.33. The summed E-state index contributed by atoms with van der Waals surface area (Å²) in [5.41, 5.74) is -0.495. The van der Waals surface area contributed by atoms with E-state index in [0.717, 1.165) is 37.8 Å². The van der Waals surface area contributed by atoms with Gasteiger partial charge in [0.05, 0.1) is 6.04 Å². The van der Waals surface area contributed by atoms with Gasteiger partial charge < -0.3 is 10.6 Å². The van der Waals surface area contributed by atoms with Gasteiger partial charge in [0.25, 0.3) is 0 Å². The number of nitrogens with one attached hydrogen (secondary N) is 2. The van der Waals surface area contributed by atoms with Crippen molar-refractivity contribution >= 4 is 34.4 Å². The molecule has 5 nitrogen and oxygen atoms in total. The molecular weight excluding hydrogens is 336 g/mol. The molecule has 3 rings (SSSR count). The van der Waals surface area contributed by atoms with Crippen molar-refractivity contribution in [3.63, 3.8) is 0 Å². The molecule has 8 heteroatoms. The molecule has 2 N–H and O–H groups in total. The van der Waals surface area contributed by atoms with Gasteiger partial charge in [-0.2, -0.15) is 0 Å². The Morgan fingerprint density at radius 3 is 2.62 bits per heavy atom. The number of aliphatic imine (C=N–C) groups is 1. The molecule has 1 saturated heterocycles. The summed E-state index contributed by atoms with van der Waals surface area (Å²) in [5.74, 6) is -2.62. The van der Waals surface area contributed by atoms with E-state index in [0.29, 0.717) is 5.17 Å². The van der Waals surface area contributed by atoms with Crippen molar-refractivity contribution in [2.75, 3.05) is 5.32 Å². The Hall–Kier alpha value is -1.96. The molecule has 0 aromatic heterocycles. The topological polar surface area (TPSA) is 70.6 Å². The van der Waals surface area contributed by atoms with Crippen LogP contribution in [-0.4, -0.2) is 28.3 Å². The molecule has 1 saturated carbocycles. The minimum atomic E-state index is -0.852. The maximum atomic E-state index is 13.5. The highest BCUT2D eigenvalue weighted by atomic mass is 32.2. The first-order valence-electron chi connectivity index (χ1n) is 7.82. The number of carbonyl (C=O) groups is 2. The number of amidine groups is 1. The predicted octanol–water partition coefficient (Wildman–Crippen LogP) is 2.82. The van der Waals surface area contributed by atoms with Gasteiger partial charge >= 0.3 is 0 Å². The summed E-state index contributed by atoms with van der Waals surface area (Å²) in [6.45, 7) is 0. The molecule has 1 aromatic carbocycles. The monoisotopic (exact) mass is 353 g/mol. The van der Waals surface area contributed by atoms with Gasteiger partial charge in [0.1, 0.15) is 22.6 Å². The third kappa shape index (κ3) is 3.92. The van der Waals surface area contributed by atoms with E-state index >= 15 is 0 Å². The van der Waals surface area contributed by atoms with Crippen molar-refractivity contribution < 1.29 is 18.4 Å². The number of benzene rings is 1. The summed E-state index contributed by atoms with van der Waals surface area (Å²) < 4.78 is 27.1. The lowest BCUT2D eigenvalue weighted by atomic mass is 10.2. The fraction of sp³-hybridized carbons (Fsp3) is 0.438. The molecular formula is C16H17F2N3O2S. The van der Waals surface area contributed by atoms with Crippen LogP contribution in [0.4, 0.5) is 14.5 Å². The average molecular weight is 353 g/mol. The predicted molar refractivity (Wildman–Crippen MR) is 88.8 cm³/mol. The minimum absolute atomic E-state index is 0.173. The summed E-state index contributed by atoms with van der Waals surface area (Å²) in [6, 6.07) is 3.56. The number of hydrogen-bond acceptors (Lipinski definition) is 4. The van der Waals surface area contributed by atoms with Gasteiger partial charge in [-0.3, -0.25) is 14.6 Å². The molecule has 24 heavy (non-hydrogen) atoms. The van der Waals surface area contributed by atoms with Crippen molar-refractivity contribution in [2.24, 2.45) is 4.99 Å². The smallest absolute Gasteiger partial charge is 0.240 e. The van der Waals surface area contributed by atoms with Crippen LogP contribution >= 0.6 is 11.8 Å². The van der Waals surface area contributed by atoms with Gasteiger partial charge in [0.2, 0.25) is 11.8 Å². The quantitative estimate of drug-likeness (QED) is 0.874. The van der Waals surface area contributed by atoms with Crippen molar-refractivity contribution in [1.82, 2.24) is 5.32 Å². The normalized spacial score (nSPS) is 22.8. The van der Waals surface area contributed by atoms with Crippen molar-refractivity contribution in [3.05, 3.63) is 29.8 Å². The van der Waals surface area contributed by atoms with Crippen LogP contribution in [0.5, 0.6) is 0 Å². The zero-order chi connectivity index (χ0) is 17.1. The number of rotatable bonds is 4. The van der Waals surface area contributed by atoms with E-state index in [1.54, 1.807) is 0 Å². The third-order valence-electron chi connectivity index (χ3n) is 4.00. The van der Waals surface area contributed by atoms with Crippen molar-refractivity contribution in [3.8, 4) is 0 Å². The van der Waals surface area contributed by atoms with Gasteiger partial charge in [-0.05, 0) is 25.0 Å². The molecule has 1 atom stereocenters. The number of nitrogens with zero attached hydrogens (tertiary/aromatic N) is 1. The van der Waals surface area contributed by atoms with E-state index in [9.17, 15) is 18.4 Å². The molecule has 2 fully saturated rings. The molecule has 1 unspecified atom stereocenters. The first-order valence-corrected chi connectivity index (χ1v) is 8.70.